The number of rotatable bonds is 5. The van der Waals surface area contributed by atoms with Crippen LogP contribution in [0.1, 0.15) is 42.4 Å². The van der Waals surface area contributed by atoms with Crippen molar-refractivity contribution in [3.63, 3.8) is 0 Å². The molecule has 1 aliphatic heterocycles. The molecule has 0 radical (unpaired) electrons. The molecule has 2 heteroatoms. The second-order valence-electron chi connectivity index (χ2n) is 5.96. The monoisotopic (exact) mass is 259 g/mol. The van der Waals surface area contributed by atoms with E-state index in [1.165, 1.54) is 29.5 Å². The van der Waals surface area contributed by atoms with Gasteiger partial charge in [0.1, 0.15) is 5.78 Å². The molecular weight excluding hydrogens is 234 g/mol. The van der Waals surface area contributed by atoms with Crippen LogP contribution >= 0.6 is 0 Å². The number of carbonyl (C=O) groups is 1. The van der Waals surface area contributed by atoms with E-state index in [1.54, 1.807) is 0 Å². The molecule has 1 atom stereocenters. The molecule has 0 aromatic heterocycles. The van der Waals surface area contributed by atoms with Gasteiger partial charge in [-0.05, 0) is 57.7 Å². The largest absolute Gasteiger partial charge is 0.316 e. The smallest absolute Gasteiger partial charge is 0.137 e. The molecular formula is C17H25NO. The van der Waals surface area contributed by atoms with Crippen LogP contribution in [0.4, 0.5) is 0 Å². The van der Waals surface area contributed by atoms with Gasteiger partial charge in [-0.3, -0.25) is 4.79 Å². The van der Waals surface area contributed by atoms with Crippen LogP contribution in [-0.2, 0) is 11.2 Å². The number of aryl methyl sites for hydroxylation is 2. The van der Waals surface area contributed by atoms with Gasteiger partial charge in [-0.15, -0.1) is 0 Å². The second kappa shape index (κ2) is 6.85. The third-order valence-corrected chi connectivity index (χ3v) is 3.91. The summed E-state index contributed by atoms with van der Waals surface area (Å²) in [6.07, 6.45) is 4.93. The Morgan fingerprint density at radius 2 is 2.00 bits per heavy atom. The Bertz CT molecular complexity index is 413. The van der Waals surface area contributed by atoms with Crippen molar-refractivity contribution in [2.75, 3.05) is 13.1 Å². The molecule has 1 aromatic carbocycles. The molecule has 104 valence electrons. The van der Waals surface area contributed by atoms with Crippen molar-refractivity contribution < 1.29 is 4.79 Å². The van der Waals surface area contributed by atoms with Crippen molar-refractivity contribution in [3.8, 4) is 0 Å². The van der Waals surface area contributed by atoms with E-state index in [2.05, 4.69) is 37.4 Å². The maximum atomic E-state index is 12.1. The highest BCUT2D eigenvalue weighted by molar-refractivity contribution is 5.80. The van der Waals surface area contributed by atoms with E-state index in [-0.39, 0.29) is 0 Å². The first-order valence-corrected chi connectivity index (χ1v) is 7.43. The molecule has 0 saturated carbocycles. The Hall–Kier alpha value is -1.15. The molecule has 0 amide bonds. The Labute approximate surface area is 116 Å². The summed E-state index contributed by atoms with van der Waals surface area (Å²) >= 11 is 0. The summed E-state index contributed by atoms with van der Waals surface area (Å²) in [6.45, 7) is 6.42. The van der Waals surface area contributed by atoms with Crippen molar-refractivity contribution in [2.45, 2.75) is 46.0 Å². The summed E-state index contributed by atoms with van der Waals surface area (Å²) in [4.78, 5) is 12.1. The zero-order valence-electron chi connectivity index (χ0n) is 12.2. The van der Waals surface area contributed by atoms with E-state index in [0.29, 0.717) is 18.1 Å². The van der Waals surface area contributed by atoms with Crippen LogP contribution < -0.4 is 5.32 Å². The Morgan fingerprint density at radius 3 is 2.63 bits per heavy atom. The molecule has 1 fully saturated rings. The summed E-state index contributed by atoms with van der Waals surface area (Å²) in [5.74, 6) is 1.09. The normalized spacial score (nSPS) is 19.4. The lowest BCUT2D eigenvalue weighted by Gasteiger charge is -2.22. The zero-order valence-corrected chi connectivity index (χ0v) is 12.2. The third kappa shape index (κ3) is 4.79. The first kappa shape index (κ1) is 14.3. The topological polar surface area (TPSA) is 29.1 Å². The maximum Gasteiger partial charge on any atom is 0.137 e. The van der Waals surface area contributed by atoms with E-state index in [4.69, 9.17) is 0 Å². The second-order valence-corrected chi connectivity index (χ2v) is 5.96. The predicted molar refractivity (Wildman–Crippen MR) is 79.5 cm³/mol. The van der Waals surface area contributed by atoms with Gasteiger partial charge in [-0.1, -0.05) is 29.3 Å². The number of nitrogens with one attached hydrogen (secondary N) is 1. The van der Waals surface area contributed by atoms with Crippen LogP contribution in [0.2, 0.25) is 0 Å². The van der Waals surface area contributed by atoms with Crippen molar-refractivity contribution in [2.24, 2.45) is 5.92 Å². The maximum absolute atomic E-state index is 12.1. The molecule has 1 aliphatic rings. The van der Waals surface area contributed by atoms with E-state index in [0.717, 1.165) is 25.9 Å². The lowest BCUT2D eigenvalue weighted by Crippen LogP contribution is -2.30. The Morgan fingerprint density at radius 1 is 1.26 bits per heavy atom. The van der Waals surface area contributed by atoms with Gasteiger partial charge >= 0.3 is 0 Å². The molecule has 0 spiro atoms. The van der Waals surface area contributed by atoms with Gasteiger partial charge in [0.25, 0.3) is 0 Å². The molecule has 2 nitrogen and oxygen atoms in total. The number of piperidine rings is 1. The van der Waals surface area contributed by atoms with Gasteiger partial charge in [0.05, 0.1) is 0 Å². The molecule has 1 saturated heterocycles. The average molecular weight is 259 g/mol. The van der Waals surface area contributed by atoms with Crippen LogP contribution in [-0.4, -0.2) is 18.9 Å². The van der Waals surface area contributed by atoms with Gasteiger partial charge in [-0.25, -0.2) is 0 Å². The lowest BCUT2D eigenvalue weighted by molar-refractivity contribution is -0.118. The Balaban J connectivity index is 1.80. The lowest BCUT2D eigenvalue weighted by atomic mass is 9.92. The van der Waals surface area contributed by atoms with Gasteiger partial charge < -0.3 is 5.32 Å². The number of ketones is 1. The quantitative estimate of drug-likeness (QED) is 0.880. The fourth-order valence-electron chi connectivity index (χ4n) is 3.02. The van der Waals surface area contributed by atoms with Crippen LogP contribution in [0.15, 0.2) is 18.2 Å². The predicted octanol–water partition coefficient (Wildman–Crippen LogP) is 3.19. The van der Waals surface area contributed by atoms with Crippen LogP contribution in [0.25, 0.3) is 0 Å². The molecule has 2 rings (SSSR count). The van der Waals surface area contributed by atoms with Crippen molar-refractivity contribution >= 4 is 5.78 Å². The molecule has 1 N–H and O–H groups in total. The minimum absolute atomic E-state index is 0.385. The van der Waals surface area contributed by atoms with Crippen molar-refractivity contribution in [1.82, 2.24) is 5.32 Å². The molecule has 1 heterocycles. The van der Waals surface area contributed by atoms with Crippen molar-refractivity contribution in [3.05, 3.63) is 34.9 Å². The molecule has 0 aliphatic carbocycles. The summed E-state index contributed by atoms with van der Waals surface area (Å²) in [7, 11) is 0. The van der Waals surface area contributed by atoms with E-state index >= 15 is 0 Å². The summed E-state index contributed by atoms with van der Waals surface area (Å²) in [5, 5.41) is 3.41. The first-order chi connectivity index (χ1) is 9.13. The van der Waals surface area contributed by atoms with E-state index in [9.17, 15) is 4.79 Å². The van der Waals surface area contributed by atoms with Gasteiger partial charge in [0, 0.05) is 12.8 Å². The number of benzene rings is 1. The number of carbonyl (C=O) groups excluding carboxylic acids is 1. The molecule has 0 bridgehead atoms. The summed E-state index contributed by atoms with van der Waals surface area (Å²) in [6, 6.07) is 6.42. The number of hydrogen-bond donors (Lipinski definition) is 1. The number of Topliss-reactive ketones (excluding diaryl/α,β-unsaturated/α-hetero) is 1. The highest BCUT2D eigenvalue weighted by atomic mass is 16.1. The van der Waals surface area contributed by atoms with Crippen LogP contribution in [0.5, 0.6) is 0 Å². The minimum atomic E-state index is 0.385. The molecule has 19 heavy (non-hydrogen) atoms. The van der Waals surface area contributed by atoms with E-state index in [1.807, 2.05) is 0 Å². The third-order valence-electron chi connectivity index (χ3n) is 3.91. The van der Waals surface area contributed by atoms with Crippen LogP contribution in [0, 0.1) is 19.8 Å². The molecule has 1 unspecified atom stereocenters. The highest BCUT2D eigenvalue weighted by Crippen LogP contribution is 2.17. The first-order valence-electron chi connectivity index (χ1n) is 7.43. The fourth-order valence-corrected chi connectivity index (χ4v) is 3.02. The summed E-state index contributed by atoms with van der Waals surface area (Å²) < 4.78 is 0. The molecule has 1 aromatic rings. The van der Waals surface area contributed by atoms with Gasteiger partial charge in [-0.2, -0.15) is 0 Å². The highest BCUT2D eigenvalue weighted by Gasteiger charge is 2.14. The van der Waals surface area contributed by atoms with Crippen LogP contribution in [0.3, 0.4) is 0 Å². The van der Waals surface area contributed by atoms with Crippen molar-refractivity contribution in [1.29, 1.82) is 0 Å². The Kier molecular flexibility index (Phi) is 5.15. The van der Waals surface area contributed by atoms with Gasteiger partial charge in [0.15, 0.2) is 0 Å². The zero-order chi connectivity index (χ0) is 13.7. The summed E-state index contributed by atoms with van der Waals surface area (Å²) in [5.41, 5.74) is 3.67. The van der Waals surface area contributed by atoms with E-state index < -0.39 is 0 Å². The minimum Gasteiger partial charge on any atom is -0.316 e. The fraction of sp³-hybridized carbons (Fsp3) is 0.588. The number of hydrogen-bond acceptors (Lipinski definition) is 2. The average Bonchev–Trinajstić information content (AvgIpc) is 2.36. The SMILES string of the molecule is Cc1cc(C)cc(CC(=O)CCC2CCCNC2)c1. The standard InChI is InChI=1S/C17H25NO/c1-13-8-14(2)10-16(9-13)11-17(19)6-5-15-4-3-7-18-12-15/h8-10,15,18H,3-7,11-12H2,1-2H3. The van der Waals surface area contributed by atoms with Gasteiger partial charge in [0.2, 0.25) is 0 Å².